The molecular formula is C19H23ClN2O2. The predicted octanol–water partition coefficient (Wildman–Crippen LogP) is 3.42. The maximum Gasteiger partial charge on any atom is 0.227 e. The highest BCUT2D eigenvalue weighted by Crippen LogP contribution is 2.20. The third-order valence-electron chi connectivity index (χ3n) is 4.20. The van der Waals surface area contributed by atoms with Gasteiger partial charge in [-0.1, -0.05) is 23.8 Å². The van der Waals surface area contributed by atoms with E-state index in [1.165, 1.54) is 5.56 Å². The number of benzene rings is 1. The van der Waals surface area contributed by atoms with Gasteiger partial charge in [-0.25, -0.2) is 0 Å². The molecule has 1 aliphatic rings. The summed E-state index contributed by atoms with van der Waals surface area (Å²) >= 11 is 0. The molecule has 4 nitrogen and oxygen atoms in total. The van der Waals surface area contributed by atoms with E-state index in [9.17, 15) is 4.79 Å². The number of nitrogens with zero attached hydrogens (tertiary/aromatic N) is 2. The number of rotatable bonds is 4. The average molecular weight is 347 g/mol. The summed E-state index contributed by atoms with van der Waals surface area (Å²) < 4.78 is 6.01. The van der Waals surface area contributed by atoms with E-state index in [0.717, 1.165) is 37.2 Å². The van der Waals surface area contributed by atoms with Gasteiger partial charge in [0.25, 0.3) is 0 Å². The first-order chi connectivity index (χ1) is 11.2. The molecule has 1 saturated heterocycles. The largest absolute Gasteiger partial charge is 0.490 e. The molecule has 0 unspecified atom stereocenters. The lowest BCUT2D eigenvalue weighted by molar-refractivity contribution is -0.132. The van der Waals surface area contributed by atoms with Crippen LogP contribution in [0, 0.1) is 6.92 Å². The number of halogens is 1. The Morgan fingerprint density at radius 3 is 2.54 bits per heavy atom. The van der Waals surface area contributed by atoms with Crippen LogP contribution in [-0.2, 0) is 11.2 Å². The molecule has 0 saturated carbocycles. The van der Waals surface area contributed by atoms with Gasteiger partial charge >= 0.3 is 0 Å². The fraction of sp³-hybridized carbons (Fsp3) is 0.368. The second-order valence-electron chi connectivity index (χ2n) is 6.05. The Balaban J connectivity index is 0.00000208. The summed E-state index contributed by atoms with van der Waals surface area (Å²) in [5.41, 5.74) is 2.20. The number of likely N-dealkylation sites (tertiary alicyclic amines) is 1. The summed E-state index contributed by atoms with van der Waals surface area (Å²) in [6.07, 6.45) is 5.86. The van der Waals surface area contributed by atoms with Crippen LogP contribution in [0.3, 0.4) is 0 Å². The number of carbonyl (C=O) groups excluding carboxylic acids is 1. The van der Waals surface area contributed by atoms with Crippen molar-refractivity contribution < 1.29 is 9.53 Å². The van der Waals surface area contributed by atoms with Crippen molar-refractivity contribution in [1.29, 1.82) is 0 Å². The van der Waals surface area contributed by atoms with Gasteiger partial charge in [0.05, 0.1) is 6.42 Å². The Morgan fingerprint density at radius 2 is 1.92 bits per heavy atom. The number of carbonyl (C=O) groups is 1. The number of piperidine rings is 1. The summed E-state index contributed by atoms with van der Waals surface area (Å²) in [5, 5.41) is 0. The molecule has 3 rings (SSSR count). The maximum absolute atomic E-state index is 12.3. The Bertz CT molecular complexity index is 638. The SMILES string of the molecule is Cc1ccc(OC2CCN(C(=O)Cc3cccnc3)CC2)cc1.Cl. The molecule has 2 aromatic rings. The molecule has 0 bridgehead atoms. The van der Waals surface area contributed by atoms with Crippen molar-refractivity contribution in [2.24, 2.45) is 0 Å². The molecule has 1 fully saturated rings. The quantitative estimate of drug-likeness (QED) is 0.851. The van der Waals surface area contributed by atoms with Crippen LogP contribution in [0.5, 0.6) is 5.75 Å². The molecule has 1 aromatic heterocycles. The first kappa shape index (κ1) is 18.3. The number of amides is 1. The van der Waals surface area contributed by atoms with E-state index < -0.39 is 0 Å². The third kappa shape index (κ3) is 4.96. The van der Waals surface area contributed by atoms with Gasteiger partial charge in [-0.2, -0.15) is 0 Å². The second-order valence-corrected chi connectivity index (χ2v) is 6.05. The van der Waals surface area contributed by atoms with Crippen LogP contribution < -0.4 is 4.74 Å². The van der Waals surface area contributed by atoms with Gasteiger partial charge in [-0.05, 0) is 30.7 Å². The van der Waals surface area contributed by atoms with E-state index in [1.54, 1.807) is 12.4 Å². The number of pyridine rings is 1. The number of aromatic nitrogens is 1. The molecule has 1 aliphatic heterocycles. The lowest BCUT2D eigenvalue weighted by atomic mass is 10.1. The van der Waals surface area contributed by atoms with Crippen molar-refractivity contribution >= 4 is 18.3 Å². The lowest BCUT2D eigenvalue weighted by Gasteiger charge is -2.32. The summed E-state index contributed by atoms with van der Waals surface area (Å²) in [6.45, 7) is 3.58. The van der Waals surface area contributed by atoms with E-state index in [0.29, 0.717) is 6.42 Å². The van der Waals surface area contributed by atoms with Crippen LogP contribution in [0.25, 0.3) is 0 Å². The van der Waals surface area contributed by atoms with Crippen molar-refractivity contribution in [1.82, 2.24) is 9.88 Å². The van der Waals surface area contributed by atoms with Crippen molar-refractivity contribution in [3.05, 3.63) is 59.9 Å². The summed E-state index contributed by atoms with van der Waals surface area (Å²) in [7, 11) is 0. The number of hydrogen-bond donors (Lipinski definition) is 0. The summed E-state index contributed by atoms with van der Waals surface area (Å²) in [4.78, 5) is 18.3. The standard InChI is InChI=1S/C19H22N2O2.ClH/c1-15-4-6-17(7-5-15)23-18-8-11-21(12-9-18)19(22)13-16-3-2-10-20-14-16;/h2-7,10,14,18H,8-9,11-13H2,1H3;1H. The fourth-order valence-corrected chi connectivity index (χ4v) is 2.82. The minimum absolute atomic E-state index is 0. The first-order valence-corrected chi connectivity index (χ1v) is 8.11. The van der Waals surface area contributed by atoms with Crippen molar-refractivity contribution in [3.63, 3.8) is 0 Å². The molecule has 24 heavy (non-hydrogen) atoms. The van der Waals surface area contributed by atoms with Gasteiger partial charge in [0.15, 0.2) is 0 Å². The van der Waals surface area contributed by atoms with Crippen LogP contribution in [-0.4, -0.2) is 35.0 Å². The van der Waals surface area contributed by atoms with Crippen molar-refractivity contribution in [2.45, 2.75) is 32.3 Å². The highest BCUT2D eigenvalue weighted by atomic mass is 35.5. The average Bonchev–Trinajstić information content (AvgIpc) is 2.58. The molecule has 0 spiro atoms. The van der Waals surface area contributed by atoms with Gasteiger partial charge < -0.3 is 9.64 Å². The lowest BCUT2D eigenvalue weighted by Crippen LogP contribution is -2.42. The van der Waals surface area contributed by atoms with Crippen LogP contribution in [0.2, 0.25) is 0 Å². The Hall–Kier alpha value is -2.07. The van der Waals surface area contributed by atoms with E-state index >= 15 is 0 Å². The molecular weight excluding hydrogens is 324 g/mol. The molecule has 128 valence electrons. The molecule has 0 N–H and O–H groups in total. The molecule has 2 heterocycles. The third-order valence-corrected chi connectivity index (χ3v) is 4.20. The highest BCUT2D eigenvalue weighted by molar-refractivity contribution is 5.85. The van der Waals surface area contributed by atoms with Crippen molar-refractivity contribution in [3.8, 4) is 5.75 Å². The van der Waals surface area contributed by atoms with Gasteiger partial charge in [0.1, 0.15) is 11.9 Å². The first-order valence-electron chi connectivity index (χ1n) is 8.11. The van der Waals surface area contributed by atoms with Crippen molar-refractivity contribution in [2.75, 3.05) is 13.1 Å². The summed E-state index contributed by atoms with van der Waals surface area (Å²) in [6, 6.07) is 11.9. The van der Waals surface area contributed by atoms with Crippen LogP contribution in [0.15, 0.2) is 48.8 Å². The second kappa shape index (κ2) is 8.69. The Kier molecular flexibility index (Phi) is 6.62. The molecule has 0 radical (unpaired) electrons. The Morgan fingerprint density at radius 1 is 1.21 bits per heavy atom. The number of aryl methyl sites for hydroxylation is 1. The van der Waals surface area contributed by atoms with Gasteiger partial charge in [-0.3, -0.25) is 9.78 Å². The van der Waals surface area contributed by atoms with E-state index in [1.807, 2.05) is 29.2 Å². The topological polar surface area (TPSA) is 42.4 Å². The zero-order valence-electron chi connectivity index (χ0n) is 13.9. The maximum atomic E-state index is 12.3. The van der Waals surface area contributed by atoms with Crippen LogP contribution in [0.1, 0.15) is 24.0 Å². The number of hydrogen-bond acceptors (Lipinski definition) is 3. The van der Waals surface area contributed by atoms with Gasteiger partial charge in [0.2, 0.25) is 5.91 Å². The molecule has 1 aromatic carbocycles. The summed E-state index contributed by atoms with van der Waals surface area (Å²) in [5.74, 6) is 1.09. The monoisotopic (exact) mass is 346 g/mol. The van der Waals surface area contributed by atoms with Crippen LogP contribution >= 0.6 is 12.4 Å². The normalized spacial score (nSPS) is 14.8. The molecule has 0 aliphatic carbocycles. The molecule has 1 amide bonds. The van der Waals surface area contributed by atoms with E-state index in [-0.39, 0.29) is 24.4 Å². The zero-order valence-corrected chi connectivity index (χ0v) is 14.7. The fourth-order valence-electron chi connectivity index (χ4n) is 2.82. The predicted molar refractivity (Wildman–Crippen MR) is 96.6 cm³/mol. The zero-order chi connectivity index (χ0) is 16.1. The Labute approximate surface area is 149 Å². The van der Waals surface area contributed by atoms with E-state index in [4.69, 9.17) is 4.74 Å². The van der Waals surface area contributed by atoms with Gasteiger partial charge in [-0.15, -0.1) is 12.4 Å². The minimum Gasteiger partial charge on any atom is -0.490 e. The van der Waals surface area contributed by atoms with Gasteiger partial charge in [0, 0.05) is 38.3 Å². The minimum atomic E-state index is 0. The number of ether oxygens (including phenoxy) is 1. The van der Waals surface area contributed by atoms with Crippen LogP contribution in [0.4, 0.5) is 0 Å². The highest BCUT2D eigenvalue weighted by Gasteiger charge is 2.23. The molecule has 5 heteroatoms. The van der Waals surface area contributed by atoms with E-state index in [2.05, 4.69) is 24.0 Å². The molecule has 0 atom stereocenters. The smallest absolute Gasteiger partial charge is 0.227 e.